The molecule has 2 amide bonds. The molecule has 1 aliphatic heterocycles. The van der Waals surface area contributed by atoms with Crippen LogP contribution in [-0.4, -0.2) is 41.3 Å². The number of likely N-dealkylation sites (tertiary alicyclic amines) is 1. The standard InChI is InChI=1S/C20H22ClN3O2/c21-17-6-4-5-15(13-17)7-9-23-19(25)18-14-16(8-10-22-18)20(26)24-11-2-1-3-12-24/h4-6,8,10,13-14H,1-3,7,9,11-12H2,(H,23,25). The molecule has 1 N–H and O–H groups in total. The Balaban J connectivity index is 1.58. The first kappa shape index (κ1) is 18.4. The number of benzene rings is 1. The zero-order chi connectivity index (χ0) is 18.4. The van der Waals surface area contributed by atoms with E-state index in [4.69, 9.17) is 11.6 Å². The predicted octanol–water partition coefficient (Wildman–Crippen LogP) is 3.33. The first-order valence-electron chi connectivity index (χ1n) is 8.91. The molecule has 0 unspecified atom stereocenters. The molecule has 5 nitrogen and oxygen atoms in total. The van der Waals surface area contributed by atoms with Gasteiger partial charge in [0, 0.05) is 36.4 Å². The zero-order valence-corrected chi connectivity index (χ0v) is 15.3. The molecular weight excluding hydrogens is 350 g/mol. The lowest BCUT2D eigenvalue weighted by Gasteiger charge is -2.26. The minimum atomic E-state index is -0.277. The molecular formula is C20H22ClN3O2. The lowest BCUT2D eigenvalue weighted by Crippen LogP contribution is -2.35. The van der Waals surface area contributed by atoms with Crippen molar-refractivity contribution in [1.82, 2.24) is 15.2 Å². The van der Waals surface area contributed by atoms with Gasteiger partial charge in [-0.3, -0.25) is 14.6 Å². The molecule has 0 bridgehead atoms. The summed E-state index contributed by atoms with van der Waals surface area (Å²) in [5.74, 6) is -0.305. The van der Waals surface area contributed by atoms with Crippen molar-refractivity contribution in [2.24, 2.45) is 0 Å². The number of hydrogen-bond donors (Lipinski definition) is 1. The number of halogens is 1. The molecule has 1 aliphatic rings. The molecule has 0 saturated carbocycles. The SMILES string of the molecule is O=C(NCCc1cccc(Cl)c1)c1cc(C(=O)N2CCCCC2)ccn1. The molecule has 0 radical (unpaired) electrons. The molecule has 1 aromatic heterocycles. The molecule has 0 atom stereocenters. The fraction of sp³-hybridized carbons (Fsp3) is 0.350. The van der Waals surface area contributed by atoms with Crippen LogP contribution in [0.5, 0.6) is 0 Å². The van der Waals surface area contributed by atoms with Gasteiger partial charge in [-0.15, -0.1) is 0 Å². The molecule has 2 heterocycles. The Bertz CT molecular complexity index is 788. The number of hydrogen-bond acceptors (Lipinski definition) is 3. The Morgan fingerprint density at radius 2 is 1.92 bits per heavy atom. The number of piperidine rings is 1. The van der Waals surface area contributed by atoms with E-state index in [0.717, 1.165) is 31.5 Å². The van der Waals surface area contributed by atoms with Gasteiger partial charge in [-0.1, -0.05) is 23.7 Å². The van der Waals surface area contributed by atoms with Gasteiger partial charge in [0.25, 0.3) is 11.8 Å². The number of pyridine rings is 1. The van der Waals surface area contributed by atoms with Gasteiger partial charge in [0.1, 0.15) is 5.69 Å². The van der Waals surface area contributed by atoms with Gasteiger partial charge in [0.05, 0.1) is 0 Å². The summed E-state index contributed by atoms with van der Waals surface area (Å²) in [4.78, 5) is 30.8. The fourth-order valence-electron chi connectivity index (χ4n) is 3.07. The highest BCUT2D eigenvalue weighted by atomic mass is 35.5. The minimum absolute atomic E-state index is 0.0277. The normalized spacial score (nSPS) is 14.1. The van der Waals surface area contributed by atoms with Crippen LogP contribution in [0.3, 0.4) is 0 Å². The maximum Gasteiger partial charge on any atom is 0.269 e. The van der Waals surface area contributed by atoms with Gasteiger partial charge < -0.3 is 10.2 Å². The minimum Gasteiger partial charge on any atom is -0.350 e. The number of nitrogens with zero attached hydrogens (tertiary/aromatic N) is 2. The van der Waals surface area contributed by atoms with E-state index >= 15 is 0 Å². The molecule has 136 valence electrons. The summed E-state index contributed by atoms with van der Waals surface area (Å²) in [7, 11) is 0. The van der Waals surface area contributed by atoms with E-state index in [9.17, 15) is 9.59 Å². The monoisotopic (exact) mass is 371 g/mol. The highest BCUT2D eigenvalue weighted by molar-refractivity contribution is 6.30. The molecule has 3 rings (SSSR count). The van der Waals surface area contributed by atoms with Crippen LogP contribution in [-0.2, 0) is 6.42 Å². The second-order valence-electron chi connectivity index (χ2n) is 6.42. The largest absolute Gasteiger partial charge is 0.350 e. The molecule has 1 aromatic carbocycles. The Hall–Kier alpha value is -2.40. The van der Waals surface area contributed by atoms with Crippen LogP contribution in [0.2, 0.25) is 5.02 Å². The molecule has 1 saturated heterocycles. The third-order valence-corrected chi connectivity index (χ3v) is 4.71. The van der Waals surface area contributed by atoms with E-state index < -0.39 is 0 Å². The van der Waals surface area contributed by atoms with Crippen molar-refractivity contribution in [1.29, 1.82) is 0 Å². The van der Waals surface area contributed by atoms with Gasteiger partial charge in [0.2, 0.25) is 0 Å². The van der Waals surface area contributed by atoms with E-state index in [-0.39, 0.29) is 17.5 Å². The summed E-state index contributed by atoms with van der Waals surface area (Å²) in [5.41, 5.74) is 1.83. The average molecular weight is 372 g/mol. The predicted molar refractivity (Wildman–Crippen MR) is 101 cm³/mol. The molecule has 6 heteroatoms. The van der Waals surface area contributed by atoms with E-state index in [2.05, 4.69) is 10.3 Å². The quantitative estimate of drug-likeness (QED) is 0.876. The van der Waals surface area contributed by atoms with Crippen LogP contribution in [0.1, 0.15) is 45.7 Å². The Kier molecular flexibility index (Phi) is 6.23. The zero-order valence-electron chi connectivity index (χ0n) is 14.6. The maximum absolute atomic E-state index is 12.6. The summed E-state index contributed by atoms with van der Waals surface area (Å²) >= 11 is 5.96. The van der Waals surface area contributed by atoms with E-state index in [1.807, 2.05) is 29.2 Å². The van der Waals surface area contributed by atoms with Crippen molar-refractivity contribution in [2.75, 3.05) is 19.6 Å². The first-order chi connectivity index (χ1) is 12.6. The summed E-state index contributed by atoms with van der Waals surface area (Å²) in [6.07, 6.45) is 5.43. The van der Waals surface area contributed by atoms with Crippen molar-refractivity contribution in [3.05, 3.63) is 64.4 Å². The molecule has 26 heavy (non-hydrogen) atoms. The van der Waals surface area contributed by atoms with Gasteiger partial charge >= 0.3 is 0 Å². The van der Waals surface area contributed by atoms with Crippen LogP contribution in [0.4, 0.5) is 0 Å². The summed E-state index contributed by atoms with van der Waals surface area (Å²) < 4.78 is 0. The van der Waals surface area contributed by atoms with Gasteiger partial charge in [-0.2, -0.15) is 0 Å². The number of amides is 2. The topological polar surface area (TPSA) is 62.3 Å². The molecule has 1 fully saturated rings. The number of carbonyl (C=O) groups is 2. The smallest absolute Gasteiger partial charge is 0.269 e. The first-order valence-corrected chi connectivity index (χ1v) is 9.29. The Morgan fingerprint density at radius 3 is 2.69 bits per heavy atom. The molecule has 2 aromatic rings. The lowest BCUT2D eigenvalue weighted by molar-refractivity contribution is 0.0724. The second-order valence-corrected chi connectivity index (χ2v) is 6.85. The van der Waals surface area contributed by atoms with Crippen LogP contribution >= 0.6 is 11.6 Å². The van der Waals surface area contributed by atoms with Crippen molar-refractivity contribution >= 4 is 23.4 Å². The van der Waals surface area contributed by atoms with Crippen LogP contribution in [0.15, 0.2) is 42.6 Å². The Labute approximate surface area is 158 Å². The third-order valence-electron chi connectivity index (χ3n) is 4.47. The van der Waals surface area contributed by atoms with Crippen LogP contribution in [0, 0.1) is 0 Å². The Morgan fingerprint density at radius 1 is 1.12 bits per heavy atom. The number of carbonyl (C=O) groups excluding carboxylic acids is 2. The van der Waals surface area contributed by atoms with E-state index in [1.54, 1.807) is 12.1 Å². The molecule has 0 spiro atoms. The maximum atomic E-state index is 12.6. The highest BCUT2D eigenvalue weighted by Gasteiger charge is 2.19. The highest BCUT2D eigenvalue weighted by Crippen LogP contribution is 2.14. The molecule has 0 aliphatic carbocycles. The van der Waals surface area contributed by atoms with Gasteiger partial charge in [-0.05, 0) is 55.5 Å². The summed E-state index contributed by atoms with van der Waals surface area (Å²) in [5, 5.41) is 3.52. The van der Waals surface area contributed by atoms with Crippen molar-refractivity contribution in [3.63, 3.8) is 0 Å². The van der Waals surface area contributed by atoms with Crippen molar-refractivity contribution in [2.45, 2.75) is 25.7 Å². The number of rotatable bonds is 5. The lowest BCUT2D eigenvalue weighted by atomic mass is 10.1. The van der Waals surface area contributed by atoms with E-state index in [1.165, 1.54) is 12.6 Å². The average Bonchev–Trinajstić information content (AvgIpc) is 2.68. The fourth-order valence-corrected chi connectivity index (χ4v) is 3.28. The van der Waals surface area contributed by atoms with Gasteiger partial charge in [-0.25, -0.2) is 0 Å². The van der Waals surface area contributed by atoms with Crippen molar-refractivity contribution < 1.29 is 9.59 Å². The summed E-state index contributed by atoms with van der Waals surface area (Å²) in [6, 6.07) is 10.8. The second kappa shape index (κ2) is 8.81. The van der Waals surface area contributed by atoms with E-state index in [0.29, 0.717) is 23.6 Å². The number of nitrogens with one attached hydrogen (secondary N) is 1. The number of aromatic nitrogens is 1. The van der Waals surface area contributed by atoms with Crippen molar-refractivity contribution in [3.8, 4) is 0 Å². The summed E-state index contributed by atoms with van der Waals surface area (Å²) in [6.45, 7) is 2.04. The van der Waals surface area contributed by atoms with Crippen LogP contribution < -0.4 is 5.32 Å². The third kappa shape index (κ3) is 4.82. The van der Waals surface area contributed by atoms with Crippen LogP contribution in [0.25, 0.3) is 0 Å². The van der Waals surface area contributed by atoms with Gasteiger partial charge in [0.15, 0.2) is 0 Å².